The second-order valence-electron chi connectivity index (χ2n) is 4.85. The molecule has 0 saturated heterocycles. The molecular weight excluding hydrogens is 162 g/mol. The van der Waals surface area contributed by atoms with E-state index in [0.29, 0.717) is 5.92 Å². The Labute approximate surface area is 80.2 Å². The highest BCUT2D eigenvalue weighted by Gasteiger charge is 2.22. The molecule has 74 valence electrons. The van der Waals surface area contributed by atoms with E-state index >= 15 is 0 Å². The first-order valence-electron chi connectivity index (χ1n) is 4.74. The van der Waals surface area contributed by atoms with Gasteiger partial charge in [0, 0.05) is 18.4 Å². The van der Waals surface area contributed by atoms with Gasteiger partial charge < -0.3 is 4.57 Å². The predicted molar refractivity (Wildman–Crippen MR) is 53.8 cm³/mol. The van der Waals surface area contributed by atoms with Gasteiger partial charge in [0.15, 0.2) is 0 Å². The van der Waals surface area contributed by atoms with Crippen LogP contribution in [0.5, 0.6) is 0 Å². The molecule has 0 amide bonds. The van der Waals surface area contributed by atoms with Crippen molar-refractivity contribution < 1.29 is 0 Å². The Morgan fingerprint density at radius 2 is 1.69 bits per heavy atom. The van der Waals surface area contributed by atoms with E-state index in [4.69, 9.17) is 0 Å². The van der Waals surface area contributed by atoms with Gasteiger partial charge in [0.2, 0.25) is 0 Å². The van der Waals surface area contributed by atoms with Crippen LogP contribution < -0.4 is 0 Å². The molecule has 3 nitrogen and oxygen atoms in total. The highest BCUT2D eigenvalue weighted by molar-refractivity contribution is 5.07. The molecule has 1 aromatic rings. The Hall–Kier alpha value is -0.860. The quantitative estimate of drug-likeness (QED) is 0.665. The van der Waals surface area contributed by atoms with Gasteiger partial charge in [-0.15, -0.1) is 10.2 Å². The summed E-state index contributed by atoms with van der Waals surface area (Å²) in [7, 11) is 2.04. The van der Waals surface area contributed by atoms with Crippen molar-refractivity contribution in [1.29, 1.82) is 0 Å². The second kappa shape index (κ2) is 3.13. The summed E-state index contributed by atoms with van der Waals surface area (Å²) in [5.41, 5.74) is 0.0783. The Bertz CT molecular complexity index is 292. The lowest BCUT2D eigenvalue weighted by Gasteiger charge is -2.17. The van der Waals surface area contributed by atoms with Crippen LogP contribution in [0.25, 0.3) is 0 Å². The van der Waals surface area contributed by atoms with Crippen molar-refractivity contribution in [3.05, 3.63) is 11.6 Å². The lowest BCUT2D eigenvalue weighted by Crippen LogP contribution is -2.18. The molecule has 0 fully saturated rings. The van der Waals surface area contributed by atoms with Crippen molar-refractivity contribution in [3.63, 3.8) is 0 Å². The van der Waals surface area contributed by atoms with E-state index in [-0.39, 0.29) is 5.41 Å². The van der Waals surface area contributed by atoms with E-state index in [9.17, 15) is 0 Å². The minimum atomic E-state index is 0.0783. The molecule has 0 saturated carbocycles. The fraction of sp³-hybridized carbons (Fsp3) is 0.800. The monoisotopic (exact) mass is 181 g/mol. The number of aromatic nitrogens is 3. The number of hydrogen-bond donors (Lipinski definition) is 0. The normalized spacial score (nSPS) is 12.5. The van der Waals surface area contributed by atoms with Crippen LogP contribution in [0.1, 0.15) is 52.2 Å². The van der Waals surface area contributed by atoms with Crippen LogP contribution in [0.3, 0.4) is 0 Å². The summed E-state index contributed by atoms with van der Waals surface area (Å²) in [6.07, 6.45) is 0. The molecule has 0 radical (unpaired) electrons. The fourth-order valence-electron chi connectivity index (χ4n) is 1.50. The molecule has 0 unspecified atom stereocenters. The summed E-state index contributed by atoms with van der Waals surface area (Å²) in [5, 5.41) is 8.42. The first-order valence-corrected chi connectivity index (χ1v) is 4.74. The lowest BCUT2D eigenvalue weighted by molar-refractivity contribution is 0.514. The van der Waals surface area contributed by atoms with Crippen LogP contribution in [0.4, 0.5) is 0 Å². The third-order valence-electron chi connectivity index (χ3n) is 2.10. The smallest absolute Gasteiger partial charge is 0.138 e. The standard InChI is InChI=1S/C10H19N3/c1-7(2)8-11-12-9(13(8)6)10(3,4)5/h7H,1-6H3. The first-order chi connectivity index (χ1) is 5.84. The third-order valence-corrected chi connectivity index (χ3v) is 2.10. The second-order valence-corrected chi connectivity index (χ2v) is 4.85. The zero-order valence-electron chi connectivity index (χ0n) is 9.42. The maximum Gasteiger partial charge on any atom is 0.138 e. The third kappa shape index (κ3) is 1.90. The molecule has 0 spiro atoms. The molecule has 0 aliphatic carbocycles. The van der Waals surface area contributed by atoms with Crippen LogP contribution >= 0.6 is 0 Å². The first kappa shape index (κ1) is 10.2. The summed E-state index contributed by atoms with van der Waals surface area (Å²) in [6, 6.07) is 0. The van der Waals surface area contributed by atoms with Crippen molar-refractivity contribution in [2.24, 2.45) is 7.05 Å². The Kier molecular flexibility index (Phi) is 2.46. The summed E-state index contributed by atoms with van der Waals surface area (Å²) >= 11 is 0. The van der Waals surface area contributed by atoms with Gasteiger partial charge in [-0.25, -0.2) is 0 Å². The maximum absolute atomic E-state index is 4.22. The van der Waals surface area contributed by atoms with Gasteiger partial charge in [-0.05, 0) is 0 Å². The molecule has 1 aromatic heterocycles. The van der Waals surface area contributed by atoms with E-state index in [0.717, 1.165) is 11.6 Å². The van der Waals surface area contributed by atoms with Crippen LogP contribution in [-0.4, -0.2) is 14.8 Å². The molecule has 0 aromatic carbocycles. The van der Waals surface area contributed by atoms with Crippen LogP contribution in [0.15, 0.2) is 0 Å². The van der Waals surface area contributed by atoms with Gasteiger partial charge >= 0.3 is 0 Å². The number of hydrogen-bond acceptors (Lipinski definition) is 2. The van der Waals surface area contributed by atoms with Crippen LogP contribution in [-0.2, 0) is 12.5 Å². The van der Waals surface area contributed by atoms with Crippen molar-refractivity contribution >= 4 is 0 Å². The van der Waals surface area contributed by atoms with Crippen molar-refractivity contribution in [3.8, 4) is 0 Å². The average Bonchev–Trinajstić information content (AvgIpc) is 2.28. The van der Waals surface area contributed by atoms with Gasteiger partial charge in [0.25, 0.3) is 0 Å². The molecule has 0 aliphatic heterocycles. The molecule has 0 aliphatic rings. The topological polar surface area (TPSA) is 30.7 Å². The van der Waals surface area contributed by atoms with E-state index in [1.54, 1.807) is 0 Å². The Balaban J connectivity index is 3.14. The largest absolute Gasteiger partial charge is 0.317 e. The molecule has 3 heteroatoms. The van der Waals surface area contributed by atoms with Gasteiger partial charge in [-0.1, -0.05) is 34.6 Å². The highest BCUT2D eigenvalue weighted by atomic mass is 15.3. The van der Waals surface area contributed by atoms with Crippen molar-refractivity contribution in [2.45, 2.75) is 46.0 Å². The summed E-state index contributed by atoms with van der Waals surface area (Å²) in [6.45, 7) is 10.7. The SMILES string of the molecule is CC(C)c1nnc(C(C)(C)C)n1C. The van der Waals surface area contributed by atoms with Gasteiger partial charge in [-0.3, -0.25) is 0 Å². The zero-order valence-corrected chi connectivity index (χ0v) is 9.42. The summed E-state index contributed by atoms with van der Waals surface area (Å²) in [4.78, 5) is 0. The summed E-state index contributed by atoms with van der Waals surface area (Å²) < 4.78 is 2.10. The summed E-state index contributed by atoms with van der Waals surface area (Å²) in [5.74, 6) is 2.55. The van der Waals surface area contributed by atoms with Crippen LogP contribution in [0.2, 0.25) is 0 Å². The van der Waals surface area contributed by atoms with Crippen LogP contribution in [0, 0.1) is 0 Å². The minimum Gasteiger partial charge on any atom is -0.317 e. The molecule has 13 heavy (non-hydrogen) atoms. The average molecular weight is 181 g/mol. The molecule has 0 atom stereocenters. The maximum atomic E-state index is 4.22. The zero-order chi connectivity index (χ0) is 10.2. The van der Waals surface area contributed by atoms with Gasteiger partial charge in [0.05, 0.1) is 0 Å². The van der Waals surface area contributed by atoms with E-state index in [1.807, 2.05) is 7.05 Å². The van der Waals surface area contributed by atoms with E-state index < -0.39 is 0 Å². The highest BCUT2D eigenvalue weighted by Crippen LogP contribution is 2.22. The predicted octanol–water partition coefficient (Wildman–Crippen LogP) is 2.24. The van der Waals surface area contributed by atoms with E-state index in [1.165, 1.54) is 0 Å². The van der Waals surface area contributed by atoms with Gasteiger partial charge in [0.1, 0.15) is 11.6 Å². The number of rotatable bonds is 1. The van der Waals surface area contributed by atoms with Crippen molar-refractivity contribution in [1.82, 2.24) is 14.8 Å². The molecule has 0 N–H and O–H groups in total. The fourth-order valence-corrected chi connectivity index (χ4v) is 1.50. The Morgan fingerprint density at radius 1 is 1.15 bits per heavy atom. The number of nitrogens with zero attached hydrogens (tertiary/aromatic N) is 3. The molecular formula is C10H19N3. The van der Waals surface area contributed by atoms with Crippen molar-refractivity contribution in [2.75, 3.05) is 0 Å². The molecule has 1 rings (SSSR count). The van der Waals surface area contributed by atoms with Gasteiger partial charge in [-0.2, -0.15) is 0 Å². The lowest BCUT2D eigenvalue weighted by atomic mass is 9.96. The minimum absolute atomic E-state index is 0.0783. The molecule has 1 heterocycles. The molecule has 0 bridgehead atoms. The Morgan fingerprint density at radius 3 is 1.92 bits per heavy atom. The van der Waals surface area contributed by atoms with E-state index in [2.05, 4.69) is 49.4 Å².